The molecule has 0 N–H and O–H groups in total. The average Bonchev–Trinajstić information content (AvgIpc) is 2.66. The van der Waals surface area contributed by atoms with E-state index in [1.807, 2.05) is 0 Å². The van der Waals surface area contributed by atoms with E-state index in [1.54, 1.807) is 13.3 Å². The van der Waals surface area contributed by atoms with E-state index in [0.717, 1.165) is 21.8 Å². The zero-order chi connectivity index (χ0) is 12.5. The lowest BCUT2D eigenvalue weighted by Crippen LogP contribution is -2.03. The van der Waals surface area contributed by atoms with Crippen molar-refractivity contribution in [2.75, 3.05) is 7.05 Å². The highest BCUT2D eigenvalue weighted by Gasteiger charge is 2.30. The predicted octanol–water partition coefficient (Wildman–Crippen LogP) is 3.56. The maximum atomic E-state index is 12.5. The Hall–Kier alpha value is -1.43. The fourth-order valence-electron chi connectivity index (χ4n) is 1.41. The molecule has 1 aromatic carbocycles. The van der Waals surface area contributed by atoms with Crippen molar-refractivity contribution in [3.8, 4) is 0 Å². The number of rotatable bonds is 2. The van der Waals surface area contributed by atoms with Gasteiger partial charge in [0.1, 0.15) is 0 Å². The van der Waals surface area contributed by atoms with E-state index in [2.05, 4.69) is 9.98 Å². The Bertz CT molecular complexity index is 557. The van der Waals surface area contributed by atoms with Crippen molar-refractivity contribution in [3.05, 3.63) is 28.8 Å². The molecule has 0 fully saturated rings. The van der Waals surface area contributed by atoms with Crippen LogP contribution in [-0.2, 0) is 12.6 Å². The van der Waals surface area contributed by atoms with Gasteiger partial charge in [-0.05, 0) is 18.2 Å². The minimum atomic E-state index is -4.32. The summed E-state index contributed by atoms with van der Waals surface area (Å²) >= 11 is 1.39. The summed E-state index contributed by atoms with van der Waals surface area (Å²) in [6.07, 6.45) is -2.08. The Morgan fingerprint density at radius 2 is 2.18 bits per heavy atom. The van der Waals surface area contributed by atoms with Crippen LogP contribution in [0, 0.1) is 0 Å². The monoisotopic (exact) mass is 258 g/mol. The summed E-state index contributed by atoms with van der Waals surface area (Å²) in [5.74, 6) is 0. The molecule has 0 bridgehead atoms. The van der Waals surface area contributed by atoms with E-state index >= 15 is 0 Å². The molecule has 0 radical (unpaired) electrons. The molecule has 0 saturated heterocycles. The van der Waals surface area contributed by atoms with E-state index in [9.17, 15) is 13.2 Å². The first-order valence-corrected chi connectivity index (χ1v) is 5.69. The van der Waals surface area contributed by atoms with Crippen LogP contribution in [0.15, 0.2) is 23.2 Å². The molecule has 0 aliphatic heterocycles. The second kappa shape index (κ2) is 4.44. The first kappa shape index (κ1) is 12.0. The summed E-state index contributed by atoms with van der Waals surface area (Å²) in [4.78, 5) is 7.97. The molecule has 0 aliphatic rings. The summed E-state index contributed by atoms with van der Waals surface area (Å²) in [5.41, 5.74) is -0.268. The molecular weight excluding hydrogens is 249 g/mol. The number of aromatic nitrogens is 1. The van der Waals surface area contributed by atoms with Gasteiger partial charge in [0.05, 0.1) is 20.8 Å². The van der Waals surface area contributed by atoms with Gasteiger partial charge in [0.15, 0.2) is 0 Å². The van der Waals surface area contributed by atoms with Crippen molar-refractivity contribution in [2.45, 2.75) is 12.6 Å². The van der Waals surface area contributed by atoms with Crippen molar-refractivity contribution < 1.29 is 13.2 Å². The van der Waals surface area contributed by atoms with Crippen molar-refractivity contribution in [3.63, 3.8) is 0 Å². The summed E-state index contributed by atoms with van der Waals surface area (Å²) in [6, 6.07) is 3.62. The topological polar surface area (TPSA) is 25.2 Å². The molecule has 0 saturated carbocycles. The number of hydrogen-bond acceptors (Lipinski definition) is 3. The van der Waals surface area contributed by atoms with E-state index in [-0.39, 0.29) is 0 Å². The van der Waals surface area contributed by atoms with E-state index in [1.165, 1.54) is 17.4 Å². The van der Waals surface area contributed by atoms with E-state index < -0.39 is 11.7 Å². The summed E-state index contributed by atoms with van der Waals surface area (Å²) in [6.45, 7) is 0. The van der Waals surface area contributed by atoms with Gasteiger partial charge in [0.2, 0.25) is 0 Å². The largest absolute Gasteiger partial charge is 0.416 e. The summed E-state index contributed by atoms with van der Waals surface area (Å²) in [5, 5.41) is 0.768. The van der Waals surface area contributed by atoms with Gasteiger partial charge in [0, 0.05) is 19.7 Å². The molecular formula is C11H9F3N2S. The van der Waals surface area contributed by atoms with Crippen LogP contribution in [-0.4, -0.2) is 18.2 Å². The molecule has 0 amide bonds. The Labute approximate surface area is 99.8 Å². The first-order valence-electron chi connectivity index (χ1n) is 4.88. The van der Waals surface area contributed by atoms with Crippen molar-refractivity contribution in [1.82, 2.24) is 4.98 Å². The summed E-state index contributed by atoms with van der Waals surface area (Å²) in [7, 11) is 1.65. The summed E-state index contributed by atoms with van der Waals surface area (Å²) < 4.78 is 38.2. The van der Waals surface area contributed by atoms with Crippen molar-refractivity contribution in [1.29, 1.82) is 0 Å². The molecule has 90 valence electrons. The molecule has 0 atom stereocenters. The van der Waals surface area contributed by atoms with Crippen molar-refractivity contribution >= 4 is 27.8 Å². The number of benzene rings is 1. The number of alkyl halides is 3. The van der Waals surface area contributed by atoms with Crippen LogP contribution >= 0.6 is 11.3 Å². The SMILES string of the molecule is C/N=C/Cc1nc2cc(C(F)(F)F)ccc2s1. The number of aliphatic imine (C=N–C) groups is 1. The van der Waals surface area contributed by atoms with Crippen LogP contribution in [0.3, 0.4) is 0 Å². The Balaban J connectivity index is 2.41. The number of hydrogen-bond donors (Lipinski definition) is 0. The highest BCUT2D eigenvalue weighted by Crippen LogP contribution is 2.32. The maximum Gasteiger partial charge on any atom is 0.416 e. The van der Waals surface area contributed by atoms with Gasteiger partial charge in [-0.25, -0.2) is 4.98 Å². The zero-order valence-corrected chi connectivity index (χ0v) is 9.77. The molecule has 17 heavy (non-hydrogen) atoms. The molecule has 0 aliphatic carbocycles. The van der Waals surface area contributed by atoms with Gasteiger partial charge in [-0.2, -0.15) is 13.2 Å². The molecule has 2 rings (SSSR count). The number of halogens is 3. The molecule has 2 nitrogen and oxygen atoms in total. The molecule has 0 unspecified atom stereocenters. The van der Waals surface area contributed by atoms with E-state index in [0.29, 0.717) is 11.9 Å². The van der Waals surface area contributed by atoms with Crippen LogP contribution in [0.1, 0.15) is 10.6 Å². The molecule has 2 aromatic rings. The second-order valence-electron chi connectivity index (χ2n) is 3.43. The smallest absolute Gasteiger partial charge is 0.300 e. The van der Waals surface area contributed by atoms with Gasteiger partial charge in [-0.3, -0.25) is 0 Å². The Kier molecular flexibility index (Phi) is 3.15. The lowest BCUT2D eigenvalue weighted by molar-refractivity contribution is -0.137. The number of thiazole rings is 1. The minimum Gasteiger partial charge on any atom is -0.300 e. The van der Waals surface area contributed by atoms with Gasteiger partial charge in [-0.15, -0.1) is 11.3 Å². The second-order valence-corrected chi connectivity index (χ2v) is 4.55. The van der Waals surface area contributed by atoms with Gasteiger partial charge in [-0.1, -0.05) is 0 Å². The maximum absolute atomic E-state index is 12.5. The Morgan fingerprint density at radius 1 is 1.41 bits per heavy atom. The highest BCUT2D eigenvalue weighted by atomic mass is 32.1. The van der Waals surface area contributed by atoms with Gasteiger partial charge in [0.25, 0.3) is 0 Å². The highest BCUT2D eigenvalue weighted by molar-refractivity contribution is 7.18. The number of fused-ring (bicyclic) bond motifs is 1. The molecule has 1 aromatic heterocycles. The van der Waals surface area contributed by atoms with Crippen LogP contribution in [0.4, 0.5) is 13.2 Å². The number of nitrogens with zero attached hydrogens (tertiary/aromatic N) is 2. The van der Waals surface area contributed by atoms with E-state index in [4.69, 9.17) is 0 Å². The van der Waals surface area contributed by atoms with Crippen LogP contribution < -0.4 is 0 Å². The normalized spacial score (nSPS) is 12.7. The van der Waals surface area contributed by atoms with Gasteiger partial charge >= 0.3 is 6.18 Å². The average molecular weight is 258 g/mol. The zero-order valence-electron chi connectivity index (χ0n) is 8.95. The van der Waals surface area contributed by atoms with Gasteiger partial charge < -0.3 is 4.99 Å². The predicted molar refractivity (Wildman–Crippen MR) is 62.7 cm³/mol. The minimum absolute atomic E-state index is 0.393. The third kappa shape index (κ3) is 2.63. The molecule has 1 heterocycles. The first-order chi connectivity index (χ1) is 8.00. The van der Waals surface area contributed by atoms with Crippen LogP contribution in [0.25, 0.3) is 10.2 Å². The third-order valence-electron chi connectivity index (χ3n) is 2.21. The lowest BCUT2D eigenvalue weighted by Gasteiger charge is -2.04. The van der Waals surface area contributed by atoms with Crippen LogP contribution in [0.5, 0.6) is 0 Å². The van der Waals surface area contributed by atoms with Crippen LogP contribution in [0.2, 0.25) is 0 Å². The standard InChI is InChI=1S/C11H9F3N2S/c1-15-5-4-10-16-8-6-7(11(12,13)14)2-3-9(8)17-10/h2-3,5-6H,4H2,1H3/b15-5+. The third-order valence-corrected chi connectivity index (χ3v) is 3.27. The lowest BCUT2D eigenvalue weighted by atomic mass is 10.2. The quantitative estimate of drug-likeness (QED) is 0.756. The fourth-order valence-corrected chi connectivity index (χ4v) is 2.31. The fraction of sp³-hybridized carbons (Fsp3) is 0.273. The van der Waals surface area contributed by atoms with Crippen molar-refractivity contribution in [2.24, 2.45) is 4.99 Å². The molecule has 0 spiro atoms. The molecule has 6 heteroatoms. The Morgan fingerprint density at radius 3 is 2.82 bits per heavy atom.